The van der Waals surface area contributed by atoms with E-state index in [1.807, 2.05) is 19.1 Å². The number of rotatable bonds is 6. The highest BCUT2D eigenvalue weighted by Crippen LogP contribution is 2.31. The number of hydrogen-bond acceptors (Lipinski definition) is 6. The predicted molar refractivity (Wildman–Crippen MR) is 127 cm³/mol. The van der Waals surface area contributed by atoms with Crippen LogP contribution in [-0.4, -0.2) is 33.7 Å². The van der Waals surface area contributed by atoms with E-state index in [1.54, 1.807) is 35.0 Å². The van der Waals surface area contributed by atoms with Crippen LogP contribution in [0, 0.1) is 6.92 Å². The Morgan fingerprint density at radius 1 is 1.15 bits per heavy atom. The van der Waals surface area contributed by atoms with E-state index >= 15 is 0 Å². The average molecular weight is 483 g/mol. The molecule has 10 heteroatoms. The maximum atomic E-state index is 12.7. The van der Waals surface area contributed by atoms with E-state index < -0.39 is 23.9 Å². The van der Waals surface area contributed by atoms with Crippen LogP contribution in [0.4, 0.5) is 5.69 Å². The number of hydrogen-bond donors (Lipinski definition) is 2. The Balaban J connectivity index is 1.48. The van der Waals surface area contributed by atoms with Crippen LogP contribution in [0.5, 0.6) is 0 Å². The first-order valence-electron chi connectivity index (χ1n) is 9.90. The molecular weight excluding hydrogens is 464 g/mol. The number of thiophene rings is 1. The molecule has 0 aliphatic carbocycles. The van der Waals surface area contributed by atoms with Gasteiger partial charge in [-0.05, 0) is 62.4 Å². The van der Waals surface area contributed by atoms with E-state index in [-0.39, 0.29) is 0 Å². The van der Waals surface area contributed by atoms with Crippen molar-refractivity contribution in [1.82, 2.24) is 9.78 Å². The van der Waals surface area contributed by atoms with Crippen LogP contribution in [0.3, 0.4) is 0 Å². The van der Waals surface area contributed by atoms with Gasteiger partial charge in [0.2, 0.25) is 5.91 Å². The zero-order valence-electron chi connectivity index (χ0n) is 17.7. The smallest absolute Gasteiger partial charge is 0.349 e. The molecular formula is C23H19ClN4O4S. The summed E-state index contributed by atoms with van der Waals surface area (Å²) in [7, 11) is 0. The van der Waals surface area contributed by atoms with Crippen molar-refractivity contribution in [2.45, 2.75) is 20.0 Å². The lowest BCUT2D eigenvalue weighted by Crippen LogP contribution is -2.29. The van der Waals surface area contributed by atoms with Crippen molar-refractivity contribution >= 4 is 56.6 Å². The molecule has 8 nitrogen and oxygen atoms in total. The monoisotopic (exact) mass is 482 g/mol. The number of carbonyl (C=O) groups excluding carboxylic acids is 3. The lowest BCUT2D eigenvalue weighted by Gasteiger charge is -2.13. The Labute approximate surface area is 197 Å². The van der Waals surface area contributed by atoms with Gasteiger partial charge in [0.05, 0.1) is 11.4 Å². The first-order chi connectivity index (χ1) is 15.7. The molecule has 1 atom stereocenters. The topological polar surface area (TPSA) is 116 Å². The Kier molecular flexibility index (Phi) is 6.17. The number of esters is 1. The molecule has 4 aromatic rings. The number of aryl methyl sites for hydroxylation is 1. The standard InChI is InChI=1S/C23H19ClN4O4S/c1-12-18-11-19(33-22(18)28(27-12)17-5-3-4-15(24)10-17)23(31)32-13(2)21(30)26-16-8-6-14(7-9-16)20(25)29/h3-11,13H,1-2H3,(H2,25,29)(H,26,30). The summed E-state index contributed by atoms with van der Waals surface area (Å²) in [5, 5.41) is 8.57. The van der Waals surface area contributed by atoms with E-state index in [1.165, 1.54) is 30.4 Å². The Hall–Kier alpha value is -3.69. The van der Waals surface area contributed by atoms with Crippen LogP contribution in [0.2, 0.25) is 5.02 Å². The summed E-state index contributed by atoms with van der Waals surface area (Å²) in [6.07, 6.45) is -1.04. The minimum Gasteiger partial charge on any atom is -0.448 e. The Morgan fingerprint density at radius 2 is 1.88 bits per heavy atom. The van der Waals surface area contributed by atoms with Gasteiger partial charge in [0.1, 0.15) is 9.71 Å². The van der Waals surface area contributed by atoms with Crippen LogP contribution in [0.25, 0.3) is 15.9 Å². The summed E-state index contributed by atoms with van der Waals surface area (Å²) < 4.78 is 7.10. The second-order valence-electron chi connectivity index (χ2n) is 7.28. The van der Waals surface area contributed by atoms with Crippen LogP contribution >= 0.6 is 22.9 Å². The van der Waals surface area contributed by atoms with Gasteiger partial charge in [-0.1, -0.05) is 17.7 Å². The molecule has 0 radical (unpaired) electrons. The molecule has 0 spiro atoms. The van der Waals surface area contributed by atoms with Crippen LogP contribution in [0.1, 0.15) is 32.6 Å². The first-order valence-corrected chi connectivity index (χ1v) is 11.1. The predicted octanol–water partition coefficient (Wildman–Crippen LogP) is 4.33. The molecule has 0 saturated carbocycles. The van der Waals surface area contributed by atoms with Crippen molar-refractivity contribution in [2.24, 2.45) is 5.73 Å². The highest BCUT2D eigenvalue weighted by Gasteiger charge is 2.23. The number of anilines is 1. The SMILES string of the molecule is Cc1nn(-c2cccc(Cl)c2)c2sc(C(=O)OC(C)C(=O)Nc3ccc(C(N)=O)cc3)cc12. The number of halogens is 1. The second-order valence-corrected chi connectivity index (χ2v) is 8.75. The average Bonchev–Trinajstić information content (AvgIpc) is 3.35. The number of aromatic nitrogens is 2. The van der Waals surface area contributed by atoms with Gasteiger partial charge < -0.3 is 15.8 Å². The third kappa shape index (κ3) is 4.74. The molecule has 2 aromatic heterocycles. The Morgan fingerprint density at radius 3 is 2.55 bits per heavy atom. The third-order valence-corrected chi connectivity index (χ3v) is 6.21. The molecule has 0 saturated heterocycles. The molecule has 0 bridgehead atoms. The lowest BCUT2D eigenvalue weighted by molar-refractivity contribution is -0.123. The van der Waals surface area contributed by atoms with Crippen LogP contribution in [0.15, 0.2) is 54.6 Å². The molecule has 1 unspecified atom stereocenters. The quantitative estimate of drug-likeness (QED) is 0.397. The number of benzene rings is 2. The van der Waals surface area contributed by atoms with Gasteiger partial charge >= 0.3 is 5.97 Å². The maximum Gasteiger partial charge on any atom is 0.349 e. The fraction of sp³-hybridized carbons (Fsp3) is 0.130. The van der Waals surface area contributed by atoms with Gasteiger partial charge in [0.25, 0.3) is 5.91 Å². The van der Waals surface area contributed by atoms with E-state index in [0.717, 1.165) is 21.6 Å². The summed E-state index contributed by atoms with van der Waals surface area (Å²) >= 11 is 7.33. The van der Waals surface area contributed by atoms with Crippen molar-refractivity contribution in [1.29, 1.82) is 0 Å². The zero-order chi connectivity index (χ0) is 23.7. The van der Waals surface area contributed by atoms with Crippen LogP contribution < -0.4 is 11.1 Å². The summed E-state index contributed by atoms with van der Waals surface area (Å²) in [5.41, 5.74) is 7.51. The number of amides is 2. The third-order valence-electron chi connectivity index (χ3n) is 4.89. The number of nitrogens with two attached hydrogens (primary N) is 1. The molecule has 4 rings (SSSR count). The van der Waals surface area contributed by atoms with Gasteiger partial charge in [-0.25, -0.2) is 9.48 Å². The van der Waals surface area contributed by atoms with Gasteiger partial charge in [-0.3, -0.25) is 9.59 Å². The largest absolute Gasteiger partial charge is 0.448 e. The molecule has 2 amide bonds. The highest BCUT2D eigenvalue weighted by atomic mass is 35.5. The number of fused-ring (bicyclic) bond motifs is 1. The Bertz CT molecular complexity index is 1380. The van der Waals surface area contributed by atoms with Crippen molar-refractivity contribution in [3.05, 3.63) is 75.8 Å². The number of primary amides is 1. The fourth-order valence-corrected chi connectivity index (χ4v) is 4.41. The van der Waals surface area contributed by atoms with E-state index in [2.05, 4.69) is 10.4 Å². The van der Waals surface area contributed by atoms with Crippen molar-refractivity contribution in [3.8, 4) is 5.69 Å². The molecule has 3 N–H and O–H groups in total. The van der Waals surface area contributed by atoms with Gasteiger partial charge in [-0.2, -0.15) is 5.10 Å². The summed E-state index contributed by atoms with van der Waals surface area (Å²) in [6, 6.07) is 15.0. The van der Waals surface area contributed by atoms with Crippen molar-refractivity contribution in [2.75, 3.05) is 5.32 Å². The minimum atomic E-state index is -1.04. The molecule has 2 aromatic carbocycles. The second kappa shape index (κ2) is 9.05. The summed E-state index contributed by atoms with van der Waals surface area (Å²) in [5.74, 6) is -1.68. The normalized spacial score (nSPS) is 11.8. The molecule has 33 heavy (non-hydrogen) atoms. The van der Waals surface area contributed by atoms with Crippen molar-refractivity contribution < 1.29 is 19.1 Å². The van der Waals surface area contributed by atoms with E-state index in [9.17, 15) is 14.4 Å². The molecule has 0 aliphatic rings. The molecule has 0 fully saturated rings. The van der Waals surface area contributed by atoms with Gasteiger partial charge in [-0.15, -0.1) is 11.3 Å². The minimum absolute atomic E-state index is 0.323. The number of nitrogens with one attached hydrogen (secondary N) is 1. The van der Waals surface area contributed by atoms with Crippen molar-refractivity contribution in [3.63, 3.8) is 0 Å². The molecule has 0 aliphatic heterocycles. The first kappa shape index (κ1) is 22.5. The lowest BCUT2D eigenvalue weighted by atomic mass is 10.2. The highest BCUT2D eigenvalue weighted by molar-refractivity contribution is 7.20. The van der Waals surface area contributed by atoms with Gasteiger partial charge in [0.15, 0.2) is 6.10 Å². The zero-order valence-corrected chi connectivity index (χ0v) is 19.2. The number of nitrogens with zero attached hydrogens (tertiary/aromatic N) is 2. The van der Waals surface area contributed by atoms with E-state index in [0.29, 0.717) is 21.2 Å². The summed E-state index contributed by atoms with van der Waals surface area (Å²) in [4.78, 5) is 37.4. The molecule has 2 heterocycles. The molecule has 168 valence electrons. The summed E-state index contributed by atoms with van der Waals surface area (Å²) in [6.45, 7) is 3.34. The number of ether oxygens (including phenoxy) is 1. The fourth-order valence-electron chi connectivity index (χ4n) is 3.16. The maximum absolute atomic E-state index is 12.7. The number of carbonyl (C=O) groups is 3. The van der Waals surface area contributed by atoms with Crippen LogP contribution in [-0.2, 0) is 9.53 Å². The van der Waals surface area contributed by atoms with Gasteiger partial charge in [0, 0.05) is 21.7 Å². The van der Waals surface area contributed by atoms with E-state index in [4.69, 9.17) is 22.1 Å².